The smallest absolute Gasteiger partial charge is 0.274 e. The molecule has 3 rings (SSSR count). The molecular formula is C15H14ClN3O2. The van der Waals surface area contributed by atoms with Crippen molar-refractivity contribution in [1.29, 1.82) is 0 Å². The third-order valence-corrected chi connectivity index (χ3v) is 3.56. The molecule has 0 aliphatic carbocycles. The summed E-state index contributed by atoms with van der Waals surface area (Å²) in [5.74, 6) is -0.150. The molecule has 0 saturated carbocycles. The lowest BCUT2D eigenvalue weighted by Gasteiger charge is -2.33. The molecule has 6 heteroatoms. The molecule has 0 N–H and O–H groups in total. The summed E-state index contributed by atoms with van der Waals surface area (Å²) in [5.41, 5.74) is 1.37. The quantitative estimate of drug-likeness (QED) is 0.854. The van der Waals surface area contributed by atoms with Crippen molar-refractivity contribution >= 4 is 17.5 Å². The molecule has 1 aliphatic heterocycles. The lowest BCUT2D eigenvalue weighted by Crippen LogP contribution is -2.42. The highest BCUT2D eigenvalue weighted by Gasteiger charge is 2.26. The SMILES string of the molecule is O=C(c1cnc(Cl)cn1)N1CCOC(c2ccccc2)C1. The van der Waals surface area contributed by atoms with Gasteiger partial charge in [-0.05, 0) is 5.56 Å². The Bertz CT molecular complexity index is 619. The number of hydrogen-bond donors (Lipinski definition) is 0. The van der Waals surface area contributed by atoms with E-state index in [4.69, 9.17) is 16.3 Å². The van der Waals surface area contributed by atoms with E-state index in [0.29, 0.717) is 25.4 Å². The molecule has 5 nitrogen and oxygen atoms in total. The molecule has 1 atom stereocenters. The van der Waals surface area contributed by atoms with Gasteiger partial charge in [0, 0.05) is 6.54 Å². The van der Waals surface area contributed by atoms with Crippen LogP contribution in [-0.4, -0.2) is 40.5 Å². The number of carbonyl (C=O) groups is 1. The number of hydrogen-bond acceptors (Lipinski definition) is 4. The fourth-order valence-corrected chi connectivity index (χ4v) is 2.39. The lowest BCUT2D eigenvalue weighted by molar-refractivity contribution is -0.0230. The van der Waals surface area contributed by atoms with E-state index >= 15 is 0 Å². The summed E-state index contributed by atoms with van der Waals surface area (Å²) in [5, 5.41) is 0.274. The summed E-state index contributed by atoms with van der Waals surface area (Å²) < 4.78 is 5.75. The van der Waals surface area contributed by atoms with Crippen molar-refractivity contribution in [3.8, 4) is 0 Å². The molecule has 1 unspecified atom stereocenters. The topological polar surface area (TPSA) is 55.3 Å². The van der Waals surface area contributed by atoms with Crippen molar-refractivity contribution in [1.82, 2.24) is 14.9 Å². The highest BCUT2D eigenvalue weighted by Crippen LogP contribution is 2.22. The molecule has 1 saturated heterocycles. The first kappa shape index (κ1) is 14.0. The maximum atomic E-state index is 12.4. The molecule has 1 aromatic carbocycles. The Morgan fingerprint density at radius 3 is 2.76 bits per heavy atom. The Labute approximate surface area is 127 Å². The predicted octanol–water partition coefficient (Wildman–Crippen LogP) is 2.34. The van der Waals surface area contributed by atoms with E-state index in [1.807, 2.05) is 30.3 Å². The van der Waals surface area contributed by atoms with Crippen molar-refractivity contribution in [2.45, 2.75) is 6.10 Å². The molecule has 1 aromatic heterocycles. The van der Waals surface area contributed by atoms with E-state index in [2.05, 4.69) is 9.97 Å². The first-order chi connectivity index (χ1) is 10.2. The Morgan fingerprint density at radius 1 is 1.24 bits per heavy atom. The summed E-state index contributed by atoms with van der Waals surface area (Å²) in [6.45, 7) is 1.56. The van der Waals surface area contributed by atoms with Crippen LogP contribution in [0.25, 0.3) is 0 Å². The summed E-state index contributed by atoms with van der Waals surface area (Å²) in [7, 11) is 0. The Kier molecular flexibility index (Phi) is 4.13. The minimum atomic E-state index is -0.150. The molecule has 1 aliphatic rings. The van der Waals surface area contributed by atoms with Gasteiger partial charge in [0.25, 0.3) is 5.91 Å². The summed E-state index contributed by atoms with van der Waals surface area (Å²) >= 11 is 5.69. The highest BCUT2D eigenvalue weighted by molar-refractivity contribution is 6.29. The van der Waals surface area contributed by atoms with Crippen LogP contribution in [0.3, 0.4) is 0 Å². The second kappa shape index (κ2) is 6.20. The second-order valence-corrected chi connectivity index (χ2v) is 5.13. The van der Waals surface area contributed by atoms with Crippen LogP contribution >= 0.6 is 11.6 Å². The van der Waals surface area contributed by atoms with E-state index in [-0.39, 0.29) is 17.2 Å². The van der Waals surface area contributed by atoms with Gasteiger partial charge in [0.05, 0.1) is 25.5 Å². The number of halogens is 1. The minimum Gasteiger partial charge on any atom is -0.370 e. The van der Waals surface area contributed by atoms with E-state index < -0.39 is 0 Å². The van der Waals surface area contributed by atoms with Crippen LogP contribution in [0.2, 0.25) is 5.15 Å². The second-order valence-electron chi connectivity index (χ2n) is 4.75. The van der Waals surface area contributed by atoms with Gasteiger partial charge in [0.15, 0.2) is 0 Å². The fraction of sp³-hybridized carbons (Fsp3) is 0.267. The Morgan fingerprint density at radius 2 is 2.05 bits per heavy atom. The van der Waals surface area contributed by atoms with Gasteiger partial charge in [-0.25, -0.2) is 9.97 Å². The van der Waals surface area contributed by atoms with Gasteiger partial charge in [-0.3, -0.25) is 4.79 Å². The van der Waals surface area contributed by atoms with Gasteiger partial charge in [0.1, 0.15) is 17.0 Å². The maximum Gasteiger partial charge on any atom is 0.274 e. The number of rotatable bonds is 2. The predicted molar refractivity (Wildman–Crippen MR) is 78.1 cm³/mol. The van der Waals surface area contributed by atoms with Crippen LogP contribution in [0.15, 0.2) is 42.7 Å². The van der Waals surface area contributed by atoms with Crippen LogP contribution < -0.4 is 0 Å². The van der Waals surface area contributed by atoms with Gasteiger partial charge in [-0.15, -0.1) is 0 Å². The summed E-state index contributed by atoms with van der Waals surface area (Å²) in [6.07, 6.45) is 2.67. The average molecular weight is 304 g/mol. The van der Waals surface area contributed by atoms with Gasteiger partial charge in [-0.2, -0.15) is 0 Å². The maximum absolute atomic E-state index is 12.4. The molecule has 0 spiro atoms. The monoisotopic (exact) mass is 303 g/mol. The van der Waals surface area contributed by atoms with Crippen LogP contribution in [0.5, 0.6) is 0 Å². The fourth-order valence-electron chi connectivity index (χ4n) is 2.29. The van der Waals surface area contributed by atoms with Crippen molar-refractivity contribution < 1.29 is 9.53 Å². The van der Waals surface area contributed by atoms with Gasteiger partial charge in [-0.1, -0.05) is 41.9 Å². The number of nitrogens with zero attached hydrogens (tertiary/aromatic N) is 3. The van der Waals surface area contributed by atoms with Gasteiger partial charge in [0.2, 0.25) is 0 Å². The standard InChI is InChI=1S/C15H14ClN3O2/c16-14-9-17-12(8-18-14)15(20)19-6-7-21-13(10-19)11-4-2-1-3-5-11/h1-5,8-9,13H,6-7,10H2. The molecular weight excluding hydrogens is 290 g/mol. The number of carbonyl (C=O) groups excluding carboxylic acids is 1. The minimum absolute atomic E-state index is 0.107. The normalized spacial score (nSPS) is 18.5. The first-order valence-electron chi connectivity index (χ1n) is 6.67. The number of aromatic nitrogens is 2. The van der Waals surface area contributed by atoms with E-state index in [1.54, 1.807) is 4.90 Å². The average Bonchev–Trinajstić information content (AvgIpc) is 2.56. The van der Waals surface area contributed by atoms with E-state index in [1.165, 1.54) is 12.4 Å². The lowest BCUT2D eigenvalue weighted by atomic mass is 10.1. The van der Waals surface area contributed by atoms with E-state index in [0.717, 1.165) is 5.56 Å². The van der Waals surface area contributed by atoms with Crippen molar-refractivity contribution in [2.75, 3.05) is 19.7 Å². The zero-order chi connectivity index (χ0) is 14.7. The molecule has 1 fully saturated rings. The highest BCUT2D eigenvalue weighted by atomic mass is 35.5. The number of ether oxygens (including phenoxy) is 1. The van der Waals surface area contributed by atoms with Crippen LogP contribution in [0.1, 0.15) is 22.2 Å². The first-order valence-corrected chi connectivity index (χ1v) is 7.05. The van der Waals surface area contributed by atoms with Crippen molar-refractivity contribution in [3.05, 3.63) is 59.1 Å². The molecule has 0 radical (unpaired) electrons. The number of amides is 1. The van der Waals surface area contributed by atoms with E-state index in [9.17, 15) is 4.79 Å². The van der Waals surface area contributed by atoms with Crippen molar-refractivity contribution in [3.63, 3.8) is 0 Å². The molecule has 2 heterocycles. The zero-order valence-corrected chi connectivity index (χ0v) is 12.0. The zero-order valence-electron chi connectivity index (χ0n) is 11.3. The number of benzene rings is 1. The number of morpholine rings is 1. The largest absolute Gasteiger partial charge is 0.370 e. The molecule has 21 heavy (non-hydrogen) atoms. The van der Waals surface area contributed by atoms with Crippen LogP contribution in [0.4, 0.5) is 0 Å². The van der Waals surface area contributed by atoms with Crippen molar-refractivity contribution in [2.24, 2.45) is 0 Å². The van der Waals surface area contributed by atoms with Gasteiger partial charge < -0.3 is 9.64 Å². The summed E-state index contributed by atoms with van der Waals surface area (Å²) in [6, 6.07) is 9.88. The molecule has 2 aromatic rings. The van der Waals surface area contributed by atoms with Crippen LogP contribution in [0, 0.1) is 0 Å². The molecule has 108 valence electrons. The Balaban J connectivity index is 1.74. The third-order valence-electron chi connectivity index (χ3n) is 3.36. The third kappa shape index (κ3) is 3.20. The molecule has 1 amide bonds. The van der Waals surface area contributed by atoms with Gasteiger partial charge >= 0.3 is 0 Å². The Hall–Kier alpha value is -1.98. The van der Waals surface area contributed by atoms with Crippen LogP contribution in [-0.2, 0) is 4.74 Å². The molecule has 0 bridgehead atoms. The summed E-state index contributed by atoms with van der Waals surface area (Å²) in [4.78, 5) is 22.1.